The van der Waals surface area contributed by atoms with E-state index in [9.17, 15) is 5.11 Å². The minimum absolute atomic E-state index is 0.0811. The smallest absolute Gasteiger partial charge is 0.0607 e. The Morgan fingerprint density at radius 2 is 0.877 bits per heavy atom. The molecule has 65 heavy (non-hydrogen) atoms. The normalized spacial score (nSPS) is 11.9. The topological polar surface area (TPSA) is 46.7 Å². The Bertz CT molecular complexity index is 2470. The second kappa shape index (κ2) is 22.1. The summed E-state index contributed by atoms with van der Waals surface area (Å²) in [6.07, 6.45) is 0. The molecule has 0 aliphatic rings. The first-order valence-electron chi connectivity index (χ1n) is 23.1. The number of nitrogens with zero attached hydrogens (tertiary/aromatic N) is 2. The largest absolute Gasteiger partial charge is 0.665 e. The Balaban J connectivity index is 0.000000221. The zero-order valence-electron chi connectivity index (χ0n) is 41.5. The van der Waals surface area contributed by atoms with Crippen molar-refractivity contribution in [3.05, 3.63) is 203 Å². The van der Waals surface area contributed by atoms with Gasteiger partial charge in [-0.1, -0.05) is 122 Å². The van der Waals surface area contributed by atoms with Crippen molar-refractivity contribution in [1.82, 2.24) is 4.98 Å². The summed E-state index contributed by atoms with van der Waals surface area (Å²) in [6.45, 7) is 30.7. The number of hydrogen-bond acceptors (Lipinski definition) is 2. The van der Waals surface area contributed by atoms with Gasteiger partial charge in [0.1, 0.15) is 34.2 Å². The van der Waals surface area contributed by atoms with E-state index in [4.69, 9.17) is 3.50 Å². The Morgan fingerprint density at radius 3 is 1.20 bits per heavy atom. The van der Waals surface area contributed by atoms with Crippen LogP contribution in [0.25, 0.3) is 0 Å². The number of benzene rings is 6. The molecule has 6 aromatic carbocycles. The van der Waals surface area contributed by atoms with E-state index in [2.05, 4.69) is 244 Å². The molecule has 0 aliphatic heterocycles. The van der Waals surface area contributed by atoms with Gasteiger partial charge >= 0.3 is 156 Å². The summed E-state index contributed by atoms with van der Waals surface area (Å²) >= 11 is -0.553. The second-order valence-corrected chi connectivity index (χ2v) is 25.2. The number of phenolic OH excluding ortho intramolecular Hbond substituents is 1. The van der Waals surface area contributed by atoms with E-state index < -0.39 is 25.2 Å². The van der Waals surface area contributed by atoms with Gasteiger partial charge in [-0.15, -0.1) is 0 Å². The molecule has 0 spiro atoms. The zero-order chi connectivity index (χ0) is 47.6. The summed E-state index contributed by atoms with van der Waals surface area (Å²) in [4.78, 5) is 4.11. The van der Waals surface area contributed by atoms with Crippen LogP contribution in [-0.4, -0.2) is 9.51 Å². The fraction of sp³-hybridized carbons (Fsp3) is 0.317. The molecule has 0 atom stereocenters. The van der Waals surface area contributed by atoms with Crippen molar-refractivity contribution in [2.24, 2.45) is 3.50 Å². The van der Waals surface area contributed by atoms with Gasteiger partial charge in [-0.3, -0.25) is 0 Å². The van der Waals surface area contributed by atoms with E-state index in [-0.39, 0.29) is 16.2 Å². The first-order chi connectivity index (χ1) is 30.7. The van der Waals surface area contributed by atoms with Crippen molar-refractivity contribution in [3.63, 3.8) is 0 Å². The van der Waals surface area contributed by atoms with Gasteiger partial charge in [0.15, 0.2) is 0 Å². The maximum absolute atomic E-state index is 11.5. The molecule has 7 rings (SSSR count). The number of aromatic hydroxyl groups is 1. The monoisotopic (exact) mass is 966 g/mol. The minimum Gasteiger partial charge on any atom is -0.665 e. The molecule has 0 bridgehead atoms. The summed E-state index contributed by atoms with van der Waals surface area (Å²) in [5.41, 5.74) is 9.31. The maximum Gasteiger partial charge on any atom is -0.0607 e. The third kappa shape index (κ3) is 12.8. The molecule has 340 valence electrons. The predicted octanol–water partition coefficient (Wildman–Crippen LogP) is 14.5. The second-order valence-electron chi connectivity index (χ2n) is 20.3. The molecule has 0 fully saturated rings. The summed E-state index contributed by atoms with van der Waals surface area (Å²) < 4.78 is 7.59. The number of rotatable bonds is 9. The van der Waals surface area contributed by atoms with Crippen molar-refractivity contribution < 1.29 is 23.0 Å². The van der Waals surface area contributed by atoms with E-state index >= 15 is 0 Å². The van der Waals surface area contributed by atoms with Gasteiger partial charge in [0.25, 0.3) is 0 Å². The molecular weight excluding hydrogens is 892 g/mol. The van der Waals surface area contributed by atoms with Gasteiger partial charge in [-0.05, 0) is 59.4 Å². The van der Waals surface area contributed by atoms with Crippen LogP contribution in [0.1, 0.15) is 134 Å². The van der Waals surface area contributed by atoms with E-state index in [1.165, 1.54) is 43.6 Å². The molecule has 0 unspecified atom stereocenters. The average Bonchev–Trinajstić information content (AvgIpc) is 3.66. The van der Waals surface area contributed by atoms with Crippen LogP contribution >= 0.6 is 7.26 Å². The van der Waals surface area contributed by atoms with Gasteiger partial charge in [0.2, 0.25) is 0 Å². The van der Waals surface area contributed by atoms with Crippen molar-refractivity contribution in [3.8, 4) is 5.75 Å². The van der Waals surface area contributed by atoms with Gasteiger partial charge in [-0.2, -0.15) is 11.4 Å². The number of aromatic nitrogens is 1. The quantitative estimate of drug-likeness (QED) is 0.116. The molecule has 1 N–H and O–H groups in total. The Hall–Kier alpha value is -4.81. The van der Waals surface area contributed by atoms with Crippen molar-refractivity contribution in [2.75, 3.05) is 0 Å². The van der Waals surface area contributed by atoms with Crippen LogP contribution in [0.2, 0.25) is 0 Å². The van der Waals surface area contributed by atoms with Crippen LogP contribution in [-0.2, 0) is 34.2 Å². The van der Waals surface area contributed by atoms with Crippen molar-refractivity contribution in [1.29, 1.82) is 0 Å². The van der Waals surface area contributed by atoms with Crippen molar-refractivity contribution >= 4 is 38.6 Å². The summed E-state index contributed by atoms with van der Waals surface area (Å²) in [6, 6.07) is 58.8. The Morgan fingerprint density at radius 1 is 0.508 bits per heavy atom. The Kier molecular flexibility index (Phi) is 17.4. The molecule has 0 amide bonds. The number of aryl methyl sites for hydroxylation is 2. The van der Waals surface area contributed by atoms with Crippen LogP contribution in [0.15, 0.2) is 167 Å². The van der Waals surface area contributed by atoms with E-state index in [0.29, 0.717) is 17.6 Å². The van der Waals surface area contributed by atoms with E-state index in [1.54, 1.807) is 0 Å². The minimum atomic E-state index is -2.23. The first kappa shape index (κ1) is 51.2. The molecule has 5 heteroatoms. The molecule has 1 aromatic heterocycles. The third-order valence-corrected chi connectivity index (χ3v) is 18.5. The average molecular weight is 965 g/mol. The summed E-state index contributed by atoms with van der Waals surface area (Å²) in [5, 5.41) is 16.7. The molecule has 1 heterocycles. The van der Waals surface area contributed by atoms with Gasteiger partial charge in [0.05, 0.1) is 0 Å². The number of phenols is 1. The van der Waals surface area contributed by atoms with Gasteiger partial charge in [-0.25, -0.2) is 0 Å². The number of hydrogen-bond donors (Lipinski definition) is 1. The first-order valence-corrected chi connectivity index (χ1v) is 26.9. The van der Waals surface area contributed by atoms with Crippen LogP contribution in [0.3, 0.4) is 0 Å². The molecule has 0 radical (unpaired) electrons. The van der Waals surface area contributed by atoms with Gasteiger partial charge in [0, 0.05) is 11.1 Å². The standard InChI is InChI=1S/C32H35OP.C12H17N.C10H12.C6H8N.Mo/c1-31(2,3)28-22-27(23-29(30(28)33)32(4,5)6)34(24-16-10-7-11-17-24,25-18-12-8-13-19-25)26-20-14-9-15-21-26;1-8(2)10-6-5-7-11(9(3)4)12(10)13;1-10(2,3)9-7-5-4-6-8-9;1-5-3-4-6(2)7-5;/h7-23H,1-6H3;5-9H,1-4H3;1,4-8H,2-3H3;3-4H,1-2H3;/q;;;-1;/p+1. The molecule has 3 nitrogen and oxygen atoms in total. The van der Waals surface area contributed by atoms with Gasteiger partial charge < -0.3 is 10.1 Å². The maximum atomic E-state index is 11.5. The van der Waals surface area contributed by atoms with Crippen LogP contribution < -0.4 is 26.2 Å². The molecular formula is C60H73MoN2OP. The summed E-state index contributed by atoms with van der Waals surface area (Å²) in [5.74, 6) is 1.45. The Labute approximate surface area is 401 Å². The van der Waals surface area contributed by atoms with Crippen molar-refractivity contribution in [2.45, 2.75) is 125 Å². The van der Waals surface area contributed by atoms with E-state index in [1.807, 2.05) is 26.0 Å². The molecule has 0 saturated heterocycles. The molecule has 0 aliphatic carbocycles. The van der Waals surface area contributed by atoms with E-state index in [0.717, 1.165) is 22.5 Å². The fourth-order valence-corrected chi connectivity index (χ4v) is 14.3. The molecule has 0 saturated carbocycles. The fourth-order valence-electron chi connectivity index (χ4n) is 8.16. The third-order valence-electron chi connectivity index (χ3n) is 11.8. The SMILES string of the molecule is CC(C)(C)c1cc([P+](c2ccccc2)(c2ccccc2)c2ccccc2)cc(C(C)(C)C)c1O.CC(C)c1cccc(C(C)C)c1[N]=[Mo]=[CH]C(C)(C)c1ccccc1.Cc1ccc(C)[n-]1. The molecule has 7 aromatic rings. The predicted molar refractivity (Wildman–Crippen MR) is 282 cm³/mol. The summed E-state index contributed by atoms with van der Waals surface area (Å²) in [7, 11) is -2.23. The van der Waals surface area contributed by atoms with Crippen LogP contribution in [0.4, 0.5) is 5.69 Å². The van der Waals surface area contributed by atoms with Crippen LogP contribution in [0.5, 0.6) is 5.75 Å². The van der Waals surface area contributed by atoms with Crippen LogP contribution in [0, 0.1) is 13.8 Å². The zero-order valence-corrected chi connectivity index (χ0v) is 44.4.